The van der Waals surface area contributed by atoms with Crippen LogP contribution in [0.25, 0.3) is 10.8 Å². The molecule has 3 N–H and O–H groups in total. The molecular formula is C24H28Cl2N4O3S. The van der Waals surface area contributed by atoms with E-state index in [1.54, 1.807) is 24.5 Å². The molecule has 1 saturated heterocycles. The maximum atomic E-state index is 12.7. The van der Waals surface area contributed by atoms with Crippen molar-refractivity contribution in [3.63, 3.8) is 0 Å². The van der Waals surface area contributed by atoms with Crippen LogP contribution in [-0.4, -0.2) is 38.4 Å². The van der Waals surface area contributed by atoms with Crippen LogP contribution in [0.2, 0.25) is 0 Å². The molecule has 1 aliphatic carbocycles. The molecule has 34 heavy (non-hydrogen) atoms. The van der Waals surface area contributed by atoms with Gasteiger partial charge < -0.3 is 10.6 Å². The molecule has 1 aliphatic heterocycles. The molecule has 5 rings (SSSR count). The molecule has 2 aromatic carbocycles. The Bertz CT molecular complexity index is 1250. The number of aromatic nitrogens is 1. The van der Waals surface area contributed by atoms with Crippen molar-refractivity contribution < 1.29 is 13.2 Å². The van der Waals surface area contributed by atoms with Gasteiger partial charge in [0.05, 0.1) is 4.90 Å². The van der Waals surface area contributed by atoms with Crippen LogP contribution in [0.1, 0.15) is 30.7 Å². The van der Waals surface area contributed by atoms with Crippen LogP contribution in [0, 0.1) is 5.92 Å². The van der Waals surface area contributed by atoms with Crippen LogP contribution in [0.3, 0.4) is 0 Å². The Morgan fingerprint density at radius 2 is 1.71 bits per heavy atom. The predicted molar refractivity (Wildman–Crippen MR) is 138 cm³/mol. The number of anilines is 1. The van der Waals surface area contributed by atoms with Crippen molar-refractivity contribution in [1.82, 2.24) is 15.0 Å². The first-order chi connectivity index (χ1) is 15.5. The quantitative estimate of drug-likeness (QED) is 0.456. The number of amides is 1. The molecule has 1 amide bonds. The molecule has 3 aromatic rings. The lowest BCUT2D eigenvalue weighted by Gasteiger charge is -2.23. The molecule has 182 valence electrons. The normalized spacial score (nSPS) is 20.1. The summed E-state index contributed by atoms with van der Waals surface area (Å²) in [6.45, 7) is 1.65. The van der Waals surface area contributed by atoms with Crippen molar-refractivity contribution in [2.24, 2.45) is 5.92 Å². The van der Waals surface area contributed by atoms with E-state index in [9.17, 15) is 13.2 Å². The first-order valence-electron chi connectivity index (χ1n) is 11.0. The SMILES string of the molecule is Cl.Cl.O=C(Nc1ccc2cnccc2c1)[C@@H]1C[C@H]1c1ccc(S(=O)(=O)NC2CCNCC2)cc1. The van der Waals surface area contributed by atoms with Crippen LogP contribution in [-0.2, 0) is 14.8 Å². The molecule has 2 fully saturated rings. The van der Waals surface area contributed by atoms with Gasteiger partial charge in [-0.2, -0.15) is 0 Å². The Labute approximate surface area is 212 Å². The lowest BCUT2D eigenvalue weighted by molar-refractivity contribution is -0.117. The largest absolute Gasteiger partial charge is 0.326 e. The van der Waals surface area contributed by atoms with Gasteiger partial charge >= 0.3 is 0 Å². The number of nitrogens with zero attached hydrogens (tertiary/aromatic N) is 1. The molecule has 1 aromatic heterocycles. The minimum Gasteiger partial charge on any atom is -0.326 e. The number of benzene rings is 2. The minimum atomic E-state index is -3.53. The van der Waals surface area contributed by atoms with Crippen LogP contribution in [0.5, 0.6) is 0 Å². The summed E-state index contributed by atoms with van der Waals surface area (Å²) in [5.74, 6) is 0.0138. The number of carbonyl (C=O) groups excluding carboxylic acids is 1. The van der Waals surface area contributed by atoms with E-state index < -0.39 is 10.0 Å². The number of hydrogen-bond donors (Lipinski definition) is 3. The van der Waals surface area contributed by atoms with E-state index in [2.05, 4.69) is 20.3 Å². The topological polar surface area (TPSA) is 100 Å². The lowest BCUT2D eigenvalue weighted by Crippen LogP contribution is -2.42. The molecule has 0 spiro atoms. The van der Waals surface area contributed by atoms with Crippen LogP contribution >= 0.6 is 24.8 Å². The Hall–Kier alpha value is -2.23. The van der Waals surface area contributed by atoms with Crippen molar-refractivity contribution in [3.8, 4) is 0 Å². The fraction of sp³-hybridized carbons (Fsp3) is 0.333. The molecule has 7 nitrogen and oxygen atoms in total. The number of halogens is 2. The fourth-order valence-electron chi connectivity index (χ4n) is 4.37. The monoisotopic (exact) mass is 522 g/mol. The summed E-state index contributed by atoms with van der Waals surface area (Å²) in [5.41, 5.74) is 1.76. The van der Waals surface area contributed by atoms with Gasteiger partial charge in [-0.05, 0) is 79.6 Å². The Morgan fingerprint density at radius 3 is 2.44 bits per heavy atom. The molecular weight excluding hydrogens is 495 g/mol. The third kappa shape index (κ3) is 5.87. The summed E-state index contributed by atoms with van der Waals surface area (Å²) >= 11 is 0. The number of hydrogen-bond acceptors (Lipinski definition) is 5. The van der Waals surface area contributed by atoms with E-state index in [4.69, 9.17) is 0 Å². The summed E-state index contributed by atoms with van der Waals surface area (Å²) in [5, 5.41) is 8.29. The van der Waals surface area contributed by atoms with E-state index >= 15 is 0 Å². The minimum absolute atomic E-state index is 0. The average molecular weight is 523 g/mol. The van der Waals surface area contributed by atoms with Crippen molar-refractivity contribution in [2.45, 2.75) is 36.1 Å². The molecule has 1 saturated carbocycles. The second kappa shape index (κ2) is 11.0. The molecule has 2 atom stereocenters. The number of fused-ring (bicyclic) bond motifs is 1. The van der Waals surface area contributed by atoms with Crippen LogP contribution < -0.4 is 15.4 Å². The van der Waals surface area contributed by atoms with E-state index in [-0.39, 0.29) is 53.5 Å². The maximum Gasteiger partial charge on any atom is 0.240 e. The van der Waals surface area contributed by atoms with Crippen molar-refractivity contribution in [1.29, 1.82) is 0 Å². The zero-order valence-electron chi connectivity index (χ0n) is 18.4. The average Bonchev–Trinajstić information content (AvgIpc) is 3.61. The molecule has 0 radical (unpaired) electrons. The van der Waals surface area contributed by atoms with Gasteiger partial charge in [0.15, 0.2) is 0 Å². The summed E-state index contributed by atoms with van der Waals surface area (Å²) in [6, 6.07) is 14.6. The van der Waals surface area contributed by atoms with Gasteiger partial charge in [-0.15, -0.1) is 24.8 Å². The highest BCUT2D eigenvalue weighted by molar-refractivity contribution is 7.89. The van der Waals surface area contributed by atoms with Gasteiger partial charge in [0.1, 0.15) is 0 Å². The number of sulfonamides is 1. The number of pyridine rings is 1. The lowest BCUT2D eigenvalue weighted by atomic mass is 10.1. The Balaban J connectivity index is 0.00000162. The van der Waals surface area contributed by atoms with E-state index in [0.29, 0.717) is 0 Å². The summed E-state index contributed by atoms with van der Waals surface area (Å²) in [7, 11) is -3.53. The third-order valence-electron chi connectivity index (χ3n) is 6.31. The Kier molecular flexibility index (Phi) is 8.54. The summed E-state index contributed by atoms with van der Waals surface area (Å²) in [6.07, 6.45) is 5.89. The zero-order valence-corrected chi connectivity index (χ0v) is 20.9. The van der Waals surface area contributed by atoms with Gasteiger partial charge in [0.2, 0.25) is 15.9 Å². The van der Waals surface area contributed by atoms with Gasteiger partial charge in [0.25, 0.3) is 0 Å². The predicted octanol–water partition coefficient (Wildman–Crippen LogP) is 3.85. The molecule has 10 heteroatoms. The van der Waals surface area contributed by atoms with Gasteiger partial charge in [-0.3, -0.25) is 9.78 Å². The standard InChI is InChI=1S/C24H26N4O3S.2ClH/c29-24(27-20-4-1-18-15-26-10-7-17(18)13-20)23-14-22(23)16-2-5-21(6-3-16)32(30,31)28-19-8-11-25-12-9-19;;/h1-7,10,13,15,19,22-23,25,28H,8-9,11-12,14H2,(H,27,29);2*1H/t22-,23+;;/m0../s1. The number of piperidine rings is 1. The van der Waals surface area contributed by atoms with E-state index in [1.807, 2.05) is 36.4 Å². The first-order valence-corrected chi connectivity index (χ1v) is 12.5. The maximum absolute atomic E-state index is 12.7. The smallest absolute Gasteiger partial charge is 0.240 e. The van der Waals surface area contributed by atoms with Crippen molar-refractivity contribution in [2.75, 3.05) is 18.4 Å². The van der Waals surface area contributed by atoms with Gasteiger partial charge in [0, 0.05) is 35.4 Å². The first kappa shape index (κ1) is 26.4. The number of carbonyl (C=O) groups is 1. The zero-order chi connectivity index (χ0) is 22.1. The van der Waals surface area contributed by atoms with E-state index in [1.165, 1.54) is 0 Å². The highest BCUT2D eigenvalue weighted by Gasteiger charge is 2.44. The summed E-state index contributed by atoms with van der Waals surface area (Å²) < 4.78 is 28.1. The van der Waals surface area contributed by atoms with Crippen LogP contribution in [0.4, 0.5) is 5.69 Å². The molecule has 2 heterocycles. The fourth-order valence-corrected chi connectivity index (χ4v) is 5.68. The van der Waals surface area contributed by atoms with Gasteiger partial charge in [-0.25, -0.2) is 13.1 Å². The van der Waals surface area contributed by atoms with E-state index in [0.717, 1.165) is 54.4 Å². The van der Waals surface area contributed by atoms with Crippen molar-refractivity contribution in [3.05, 3.63) is 66.5 Å². The number of rotatable bonds is 6. The second-order valence-corrected chi connectivity index (χ2v) is 10.3. The van der Waals surface area contributed by atoms with Gasteiger partial charge in [-0.1, -0.05) is 18.2 Å². The van der Waals surface area contributed by atoms with Crippen LogP contribution in [0.15, 0.2) is 65.8 Å². The Morgan fingerprint density at radius 1 is 0.971 bits per heavy atom. The highest BCUT2D eigenvalue weighted by Crippen LogP contribution is 2.48. The summed E-state index contributed by atoms with van der Waals surface area (Å²) in [4.78, 5) is 17.1. The molecule has 2 aliphatic rings. The third-order valence-corrected chi connectivity index (χ3v) is 7.85. The molecule has 0 unspecified atom stereocenters. The second-order valence-electron chi connectivity index (χ2n) is 8.59. The number of nitrogens with one attached hydrogen (secondary N) is 3. The molecule has 0 bridgehead atoms. The highest BCUT2D eigenvalue weighted by atomic mass is 35.5. The van der Waals surface area contributed by atoms with Crippen molar-refractivity contribution >= 4 is 57.2 Å².